The van der Waals surface area contributed by atoms with Gasteiger partial charge in [-0.3, -0.25) is 4.72 Å². The Morgan fingerprint density at radius 2 is 2.00 bits per heavy atom. The Morgan fingerprint density at radius 3 is 2.62 bits per heavy atom. The van der Waals surface area contributed by atoms with Gasteiger partial charge < -0.3 is 4.74 Å². The topological polar surface area (TPSA) is 55.4 Å². The Bertz CT molecular complexity index is 750. The smallest absolute Gasteiger partial charge is 0.229 e. The fourth-order valence-corrected chi connectivity index (χ4v) is 2.47. The molecule has 0 amide bonds. The molecule has 0 saturated carbocycles. The van der Waals surface area contributed by atoms with Crippen molar-refractivity contribution in [3.05, 3.63) is 58.9 Å². The van der Waals surface area contributed by atoms with Gasteiger partial charge in [-0.15, -0.1) is 0 Å². The average molecular weight is 330 g/mol. The Hall–Kier alpha value is -1.79. The molecular formula is C14H13ClFNO3S. The molecule has 0 aliphatic rings. The van der Waals surface area contributed by atoms with E-state index in [2.05, 4.69) is 4.72 Å². The first kappa shape index (κ1) is 15.6. The van der Waals surface area contributed by atoms with Gasteiger partial charge in [0.1, 0.15) is 18.2 Å². The minimum Gasteiger partial charge on any atom is -0.487 e. The number of benzene rings is 2. The highest BCUT2D eigenvalue weighted by molar-refractivity contribution is 7.92. The summed E-state index contributed by atoms with van der Waals surface area (Å²) in [7, 11) is -3.36. The van der Waals surface area contributed by atoms with Crippen molar-refractivity contribution in [2.24, 2.45) is 0 Å². The maximum atomic E-state index is 13.0. The van der Waals surface area contributed by atoms with Gasteiger partial charge in [-0.1, -0.05) is 23.7 Å². The molecule has 0 aliphatic heterocycles. The van der Waals surface area contributed by atoms with E-state index < -0.39 is 10.0 Å². The van der Waals surface area contributed by atoms with E-state index in [1.165, 1.54) is 24.3 Å². The Kier molecular flexibility index (Phi) is 4.69. The van der Waals surface area contributed by atoms with Crippen LogP contribution in [0.2, 0.25) is 5.02 Å². The lowest BCUT2D eigenvalue weighted by molar-refractivity contribution is 0.306. The molecule has 112 valence electrons. The van der Waals surface area contributed by atoms with Crippen LogP contribution in [0, 0.1) is 5.82 Å². The zero-order chi connectivity index (χ0) is 15.5. The molecule has 7 heteroatoms. The maximum Gasteiger partial charge on any atom is 0.229 e. The van der Waals surface area contributed by atoms with Crippen LogP contribution >= 0.6 is 11.6 Å². The number of halogens is 2. The molecule has 0 spiro atoms. The van der Waals surface area contributed by atoms with Crippen LogP contribution in [0.5, 0.6) is 5.75 Å². The summed E-state index contributed by atoms with van der Waals surface area (Å²) in [4.78, 5) is 0. The predicted octanol–water partition coefficient (Wildman–Crippen LogP) is 3.43. The van der Waals surface area contributed by atoms with Gasteiger partial charge in [-0.05, 0) is 35.9 Å². The molecular weight excluding hydrogens is 317 g/mol. The summed E-state index contributed by atoms with van der Waals surface area (Å²) < 4.78 is 43.1. The van der Waals surface area contributed by atoms with E-state index in [1.807, 2.05) is 0 Å². The highest BCUT2D eigenvalue weighted by atomic mass is 35.5. The van der Waals surface area contributed by atoms with Crippen LogP contribution in [-0.4, -0.2) is 14.7 Å². The van der Waals surface area contributed by atoms with E-state index in [-0.39, 0.29) is 17.4 Å². The third kappa shape index (κ3) is 4.91. The molecule has 1 N–H and O–H groups in total. The third-order valence-corrected chi connectivity index (χ3v) is 3.42. The fourth-order valence-electron chi connectivity index (χ4n) is 1.68. The fraction of sp³-hybridized carbons (Fsp3) is 0.143. The lowest BCUT2D eigenvalue weighted by atomic mass is 10.2. The first-order valence-corrected chi connectivity index (χ1v) is 8.25. The van der Waals surface area contributed by atoms with Gasteiger partial charge in [0.2, 0.25) is 10.0 Å². The summed E-state index contributed by atoms with van der Waals surface area (Å²) in [6.45, 7) is 0.163. The molecule has 2 aromatic rings. The molecule has 2 aromatic carbocycles. The molecule has 21 heavy (non-hydrogen) atoms. The second-order valence-electron chi connectivity index (χ2n) is 4.44. The summed E-state index contributed by atoms with van der Waals surface area (Å²) in [5.74, 6) is 0.0508. The number of nitrogens with one attached hydrogen (secondary N) is 1. The average Bonchev–Trinajstić information content (AvgIpc) is 2.36. The SMILES string of the molecule is CS(=O)(=O)Nc1ccc(OCc2cccc(F)c2)c(Cl)c1. The standard InChI is InChI=1S/C14H13ClFNO3S/c1-21(18,19)17-12-5-6-14(13(15)8-12)20-9-10-3-2-4-11(16)7-10/h2-8,17H,9H2,1H3. The molecule has 0 atom stereocenters. The van der Waals surface area contributed by atoms with Crippen LogP contribution in [0.1, 0.15) is 5.56 Å². The Labute approximate surface area is 127 Å². The Balaban J connectivity index is 2.07. The summed E-state index contributed by atoms with van der Waals surface area (Å²) in [6, 6.07) is 10.6. The first-order chi connectivity index (χ1) is 9.83. The van der Waals surface area contributed by atoms with Crippen LogP contribution in [0.3, 0.4) is 0 Å². The molecule has 0 unspecified atom stereocenters. The van der Waals surface area contributed by atoms with Crippen molar-refractivity contribution in [1.29, 1.82) is 0 Å². The van der Waals surface area contributed by atoms with Crippen molar-refractivity contribution in [3.63, 3.8) is 0 Å². The zero-order valence-corrected chi connectivity index (χ0v) is 12.7. The van der Waals surface area contributed by atoms with Crippen LogP contribution in [0.4, 0.5) is 10.1 Å². The largest absolute Gasteiger partial charge is 0.487 e. The summed E-state index contributed by atoms with van der Waals surface area (Å²) in [5.41, 5.74) is 1.02. The van der Waals surface area contributed by atoms with E-state index in [9.17, 15) is 12.8 Å². The van der Waals surface area contributed by atoms with Crippen molar-refractivity contribution in [3.8, 4) is 5.75 Å². The van der Waals surface area contributed by atoms with Gasteiger partial charge in [0.25, 0.3) is 0 Å². The molecule has 0 radical (unpaired) electrons. The number of sulfonamides is 1. The minimum atomic E-state index is -3.36. The third-order valence-electron chi connectivity index (χ3n) is 2.52. The second-order valence-corrected chi connectivity index (χ2v) is 6.59. The molecule has 0 saturated heterocycles. The highest BCUT2D eigenvalue weighted by Crippen LogP contribution is 2.28. The molecule has 0 heterocycles. The lowest BCUT2D eigenvalue weighted by Crippen LogP contribution is -2.09. The van der Waals surface area contributed by atoms with Crippen LogP contribution in [0.15, 0.2) is 42.5 Å². The molecule has 0 bridgehead atoms. The molecule has 4 nitrogen and oxygen atoms in total. The molecule has 2 rings (SSSR count). The van der Waals surface area contributed by atoms with Gasteiger partial charge in [0, 0.05) is 0 Å². The number of hydrogen-bond donors (Lipinski definition) is 1. The minimum absolute atomic E-state index is 0.163. The number of ether oxygens (including phenoxy) is 1. The van der Waals surface area contributed by atoms with E-state index in [4.69, 9.17) is 16.3 Å². The molecule has 0 aromatic heterocycles. The first-order valence-electron chi connectivity index (χ1n) is 5.98. The van der Waals surface area contributed by atoms with Crippen molar-refractivity contribution in [1.82, 2.24) is 0 Å². The number of rotatable bonds is 5. The monoisotopic (exact) mass is 329 g/mol. The van der Waals surface area contributed by atoms with Crippen LogP contribution in [0.25, 0.3) is 0 Å². The second kappa shape index (κ2) is 6.32. The van der Waals surface area contributed by atoms with Crippen LogP contribution in [-0.2, 0) is 16.6 Å². The van der Waals surface area contributed by atoms with E-state index >= 15 is 0 Å². The highest BCUT2D eigenvalue weighted by Gasteiger charge is 2.07. The van der Waals surface area contributed by atoms with Crippen molar-refractivity contribution in [2.75, 3.05) is 11.0 Å². The summed E-state index contributed by atoms with van der Waals surface area (Å²) in [5, 5.41) is 0.264. The number of hydrogen-bond acceptors (Lipinski definition) is 3. The van der Waals surface area contributed by atoms with Gasteiger partial charge in [0.05, 0.1) is 17.0 Å². The van der Waals surface area contributed by atoms with Gasteiger partial charge in [-0.2, -0.15) is 0 Å². The van der Waals surface area contributed by atoms with Crippen molar-refractivity contribution >= 4 is 27.3 Å². The summed E-state index contributed by atoms with van der Waals surface area (Å²) in [6.07, 6.45) is 1.05. The lowest BCUT2D eigenvalue weighted by Gasteiger charge is -2.10. The van der Waals surface area contributed by atoms with E-state index in [1.54, 1.807) is 18.2 Å². The molecule has 0 aliphatic carbocycles. The zero-order valence-electron chi connectivity index (χ0n) is 11.1. The van der Waals surface area contributed by atoms with E-state index in [0.717, 1.165) is 6.26 Å². The van der Waals surface area contributed by atoms with E-state index in [0.29, 0.717) is 17.0 Å². The predicted molar refractivity (Wildman–Crippen MR) is 80.7 cm³/mol. The normalized spacial score (nSPS) is 11.2. The van der Waals surface area contributed by atoms with Crippen molar-refractivity contribution in [2.45, 2.75) is 6.61 Å². The van der Waals surface area contributed by atoms with Crippen LogP contribution < -0.4 is 9.46 Å². The Morgan fingerprint density at radius 1 is 1.24 bits per heavy atom. The quantitative estimate of drug-likeness (QED) is 0.914. The number of anilines is 1. The van der Waals surface area contributed by atoms with Gasteiger partial charge in [0.15, 0.2) is 0 Å². The van der Waals surface area contributed by atoms with Gasteiger partial charge in [-0.25, -0.2) is 12.8 Å². The van der Waals surface area contributed by atoms with Gasteiger partial charge >= 0.3 is 0 Å². The maximum absolute atomic E-state index is 13.0. The molecule has 0 fully saturated rings. The van der Waals surface area contributed by atoms with Crippen molar-refractivity contribution < 1.29 is 17.5 Å². The summed E-state index contributed by atoms with van der Waals surface area (Å²) >= 11 is 6.02.